The third kappa shape index (κ3) is 4.07. The van der Waals surface area contributed by atoms with Gasteiger partial charge in [-0.3, -0.25) is 11.3 Å². The molecule has 0 aromatic carbocycles. The van der Waals surface area contributed by atoms with Gasteiger partial charge in [-0.25, -0.2) is 0 Å². The molecule has 3 N–H and O–H groups in total. The first-order valence-electron chi connectivity index (χ1n) is 5.11. The van der Waals surface area contributed by atoms with Crippen molar-refractivity contribution in [2.45, 2.75) is 53.0 Å². The second-order valence-corrected chi connectivity index (χ2v) is 3.94. The lowest BCUT2D eigenvalue weighted by atomic mass is 9.90. The van der Waals surface area contributed by atoms with E-state index in [4.69, 9.17) is 5.84 Å². The molecule has 0 spiro atoms. The molecule has 0 heterocycles. The SMILES string of the molecule is CCC(CC)CC(NN)C(C)C. The van der Waals surface area contributed by atoms with Gasteiger partial charge in [0.05, 0.1) is 0 Å². The minimum atomic E-state index is 0.481. The molecule has 12 heavy (non-hydrogen) atoms. The molecular weight excluding hydrogens is 148 g/mol. The molecule has 0 fully saturated rings. The Hall–Kier alpha value is -0.0800. The molecule has 0 saturated heterocycles. The van der Waals surface area contributed by atoms with E-state index in [1.54, 1.807) is 0 Å². The summed E-state index contributed by atoms with van der Waals surface area (Å²) in [6, 6.07) is 0.481. The minimum absolute atomic E-state index is 0.481. The first kappa shape index (κ1) is 11.9. The van der Waals surface area contributed by atoms with Crippen LogP contribution in [0.4, 0.5) is 0 Å². The van der Waals surface area contributed by atoms with Crippen LogP contribution in [0.5, 0.6) is 0 Å². The molecule has 1 atom stereocenters. The van der Waals surface area contributed by atoms with Crippen LogP contribution in [0, 0.1) is 11.8 Å². The molecule has 0 saturated carbocycles. The smallest absolute Gasteiger partial charge is 0.0236 e. The predicted octanol–water partition coefficient (Wildman–Crippen LogP) is 2.30. The van der Waals surface area contributed by atoms with Crippen molar-refractivity contribution in [1.82, 2.24) is 5.43 Å². The summed E-state index contributed by atoms with van der Waals surface area (Å²) in [5.41, 5.74) is 2.90. The lowest BCUT2D eigenvalue weighted by Crippen LogP contribution is -2.40. The highest BCUT2D eigenvalue weighted by Gasteiger charge is 2.15. The molecule has 0 aliphatic heterocycles. The monoisotopic (exact) mass is 172 g/mol. The number of hydrogen-bond donors (Lipinski definition) is 2. The second kappa shape index (κ2) is 6.44. The van der Waals surface area contributed by atoms with Crippen LogP contribution in [0.25, 0.3) is 0 Å². The van der Waals surface area contributed by atoms with Crippen molar-refractivity contribution < 1.29 is 0 Å². The van der Waals surface area contributed by atoms with Crippen LogP contribution in [0.3, 0.4) is 0 Å². The van der Waals surface area contributed by atoms with Crippen molar-refractivity contribution in [2.75, 3.05) is 0 Å². The molecule has 0 amide bonds. The van der Waals surface area contributed by atoms with Gasteiger partial charge in [-0.05, 0) is 18.3 Å². The zero-order chi connectivity index (χ0) is 9.56. The average Bonchev–Trinajstić information content (AvgIpc) is 2.06. The van der Waals surface area contributed by atoms with Crippen LogP contribution >= 0.6 is 0 Å². The lowest BCUT2D eigenvalue weighted by Gasteiger charge is -2.24. The van der Waals surface area contributed by atoms with Crippen molar-refractivity contribution >= 4 is 0 Å². The topological polar surface area (TPSA) is 38.0 Å². The molecule has 2 heteroatoms. The van der Waals surface area contributed by atoms with E-state index in [-0.39, 0.29) is 0 Å². The van der Waals surface area contributed by atoms with Crippen LogP contribution in [0.1, 0.15) is 47.0 Å². The van der Waals surface area contributed by atoms with Crippen molar-refractivity contribution in [2.24, 2.45) is 17.7 Å². The van der Waals surface area contributed by atoms with Gasteiger partial charge in [0.1, 0.15) is 0 Å². The average molecular weight is 172 g/mol. The Bertz CT molecular complexity index is 98.0. The van der Waals surface area contributed by atoms with Crippen LogP contribution < -0.4 is 11.3 Å². The van der Waals surface area contributed by atoms with Gasteiger partial charge < -0.3 is 0 Å². The fraction of sp³-hybridized carbons (Fsp3) is 1.00. The van der Waals surface area contributed by atoms with Gasteiger partial charge in [0.15, 0.2) is 0 Å². The molecule has 0 aliphatic rings. The number of hydrogen-bond acceptors (Lipinski definition) is 2. The Morgan fingerprint density at radius 1 is 1.17 bits per heavy atom. The summed E-state index contributed by atoms with van der Waals surface area (Å²) in [6.07, 6.45) is 3.74. The largest absolute Gasteiger partial charge is 0.271 e. The number of rotatable bonds is 6. The van der Waals surface area contributed by atoms with Gasteiger partial charge in [-0.2, -0.15) is 0 Å². The third-order valence-corrected chi connectivity index (χ3v) is 2.76. The third-order valence-electron chi connectivity index (χ3n) is 2.76. The Morgan fingerprint density at radius 3 is 1.92 bits per heavy atom. The van der Waals surface area contributed by atoms with Gasteiger partial charge in [0, 0.05) is 6.04 Å². The summed E-state index contributed by atoms with van der Waals surface area (Å²) in [5, 5.41) is 0. The molecule has 0 bridgehead atoms. The van der Waals surface area contributed by atoms with Gasteiger partial charge >= 0.3 is 0 Å². The first-order valence-corrected chi connectivity index (χ1v) is 5.11. The van der Waals surface area contributed by atoms with E-state index in [2.05, 4.69) is 33.1 Å². The van der Waals surface area contributed by atoms with Crippen molar-refractivity contribution in [1.29, 1.82) is 0 Å². The van der Waals surface area contributed by atoms with Crippen molar-refractivity contribution in [3.05, 3.63) is 0 Å². The molecule has 0 aliphatic carbocycles. The Morgan fingerprint density at radius 2 is 1.67 bits per heavy atom. The van der Waals surface area contributed by atoms with E-state index in [0.717, 1.165) is 5.92 Å². The summed E-state index contributed by atoms with van der Waals surface area (Å²) >= 11 is 0. The van der Waals surface area contributed by atoms with Crippen LogP contribution in [-0.4, -0.2) is 6.04 Å². The zero-order valence-electron chi connectivity index (χ0n) is 8.93. The second-order valence-electron chi connectivity index (χ2n) is 3.94. The van der Waals surface area contributed by atoms with Gasteiger partial charge in [-0.1, -0.05) is 40.5 Å². The highest BCUT2D eigenvalue weighted by atomic mass is 15.2. The maximum absolute atomic E-state index is 5.48. The fourth-order valence-electron chi connectivity index (χ4n) is 1.51. The number of nitrogens with one attached hydrogen (secondary N) is 1. The number of hydrazine groups is 1. The molecule has 0 aromatic heterocycles. The fourth-order valence-corrected chi connectivity index (χ4v) is 1.51. The minimum Gasteiger partial charge on any atom is -0.271 e. The van der Waals surface area contributed by atoms with Crippen LogP contribution in [0.15, 0.2) is 0 Å². The normalized spacial score (nSPS) is 14.2. The van der Waals surface area contributed by atoms with E-state index >= 15 is 0 Å². The van der Waals surface area contributed by atoms with E-state index < -0.39 is 0 Å². The molecule has 0 radical (unpaired) electrons. The van der Waals surface area contributed by atoms with Crippen molar-refractivity contribution in [3.63, 3.8) is 0 Å². The van der Waals surface area contributed by atoms with Crippen LogP contribution in [0.2, 0.25) is 0 Å². The van der Waals surface area contributed by atoms with E-state index in [1.807, 2.05) is 0 Å². The van der Waals surface area contributed by atoms with E-state index in [0.29, 0.717) is 12.0 Å². The Labute approximate surface area is 76.9 Å². The van der Waals surface area contributed by atoms with Gasteiger partial charge in [0.25, 0.3) is 0 Å². The quantitative estimate of drug-likeness (QED) is 0.476. The van der Waals surface area contributed by atoms with E-state index in [1.165, 1.54) is 19.3 Å². The number of nitrogens with two attached hydrogens (primary N) is 1. The summed E-state index contributed by atoms with van der Waals surface area (Å²) in [6.45, 7) is 8.93. The summed E-state index contributed by atoms with van der Waals surface area (Å²) in [5.74, 6) is 6.94. The Balaban J connectivity index is 3.82. The Kier molecular flexibility index (Phi) is 6.39. The molecule has 74 valence electrons. The summed E-state index contributed by atoms with van der Waals surface area (Å²) < 4.78 is 0. The molecule has 1 unspecified atom stereocenters. The highest BCUT2D eigenvalue weighted by molar-refractivity contribution is 4.71. The molecule has 2 nitrogen and oxygen atoms in total. The van der Waals surface area contributed by atoms with Gasteiger partial charge in [-0.15, -0.1) is 0 Å². The highest BCUT2D eigenvalue weighted by Crippen LogP contribution is 2.18. The summed E-state index contributed by atoms with van der Waals surface area (Å²) in [4.78, 5) is 0. The van der Waals surface area contributed by atoms with E-state index in [9.17, 15) is 0 Å². The maximum atomic E-state index is 5.48. The van der Waals surface area contributed by atoms with Gasteiger partial charge in [0.2, 0.25) is 0 Å². The summed E-state index contributed by atoms with van der Waals surface area (Å²) in [7, 11) is 0. The maximum Gasteiger partial charge on any atom is 0.0236 e. The molecular formula is C10H24N2. The van der Waals surface area contributed by atoms with Crippen LogP contribution in [-0.2, 0) is 0 Å². The zero-order valence-corrected chi connectivity index (χ0v) is 8.93. The predicted molar refractivity (Wildman–Crippen MR) is 54.6 cm³/mol. The molecule has 0 aromatic rings. The van der Waals surface area contributed by atoms with Crippen molar-refractivity contribution in [3.8, 4) is 0 Å². The lowest BCUT2D eigenvalue weighted by molar-refractivity contribution is 0.310. The first-order chi connectivity index (χ1) is 5.65. The standard InChI is InChI=1S/C10H24N2/c1-5-9(6-2)7-10(12-11)8(3)4/h8-10,12H,5-7,11H2,1-4H3. The molecule has 0 rings (SSSR count).